The minimum Gasteiger partial charge on any atom is -0.497 e. The van der Waals surface area contributed by atoms with E-state index in [1.54, 1.807) is 0 Å². The highest BCUT2D eigenvalue weighted by Gasteiger charge is 2.23. The molecule has 0 aliphatic heterocycles. The van der Waals surface area contributed by atoms with Gasteiger partial charge in [-0.05, 0) is 24.3 Å². The summed E-state index contributed by atoms with van der Waals surface area (Å²) >= 11 is 11.7. The van der Waals surface area contributed by atoms with Gasteiger partial charge in [-0.1, -0.05) is 29.3 Å². The molecule has 0 saturated carbocycles. The van der Waals surface area contributed by atoms with E-state index in [-0.39, 0.29) is 26.4 Å². The van der Waals surface area contributed by atoms with E-state index in [4.69, 9.17) is 33.1 Å². The van der Waals surface area contributed by atoms with Crippen molar-refractivity contribution in [2.24, 2.45) is 5.14 Å². The van der Waals surface area contributed by atoms with Crippen LogP contribution in [0.4, 0.5) is 5.69 Å². The molecule has 0 unspecified atom stereocenters. The minimum atomic E-state index is -4.20. The number of nitrogens with two attached hydrogens (primary N) is 1. The molecule has 0 aliphatic rings. The van der Waals surface area contributed by atoms with Crippen molar-refractivity contribution in [3.05, 3.63) is 46.4 Å². The van der Waals surface area contributed by atoms with E-state index in [1.165, 1.54) is 37.4 Å². The zero-order chi connectivity index (χ0) is 18.1. The van der Waals surface area contributed by atoms with Crippen LogP contribution in [0.25, 0.3) is 0 Å². The smallest absolute Gasteiger partial charge is 0.263 e. The third-order valence-electron chi connectivity index (χ3n) is 2.95. The lowest BCUT2D eigenvalue weighted by molar-refractivity contribution is 0.413. The van der Waals surface area contributed by atoms with E-state index in [2.05, 4.69) is 4.72 Å². The Hall–Kier alpha value is -1.52. The van der Waals surface area contributed by atoms with Crippen LogP contribution in [-0.4, -0.2) is 23.9 Å². The molecule has 0 radical (unpaired) electrons. The summed E-state index contributed by atoms with van der Waals surface area (Å²) in [6.45, 7) is 0. The van der Waals surface area contributed by atoms with E-state index in [0.717, 1.165) is 6.07 Å². The van der Waals surface area contributed by atoms with E-state index in [1.807, 2.05) is 0 Å². The molecule has 0 aliphatic carbocycles. The molecule has 11 heteroatoms. The summed E-state index contributed by atoms with van der Waals surface area (Å²) in [6, 6.07) is 7.76. The van der Waals surface area contributed by atoms with Crippen molar-refractivity contribution in [3.63, 3.8) is 0 Å². The first-order valence-corrected chi connectivity index (χ1v) is 10.0. The fraction of sp³-hybridized carbons (Fsp3) is 0.0769. The van der Waals surface area contributed by atoms with Crippen LogP contribution in [0.5, 0.6) is 5.75 Å². The number of halogens is 2. The summed E-state index contributed by atoms with van der Waals surface area (Å²) in [5.74, 6) is 0.197. The topological polar surface area (TPSA) is 116 Å². The van der Waals surface area contributed by atoms with E-state index >= 15 is 0 Å². The molecular weight excluding hydrogens is 399 g/mol. The van der Waals surface area contributed by atoms with Gasteiger partial charge in [-0.2, -0.15) is 0 Å². The first kappa shape index (κ1) is 18.8. The second kappa shape index (κ2) is 6.77. The van der Waals surface area contributed by atoms with Gasteiger partial charge in [-0.3, -0.25) is 4.72 Å². The van der Waals surface area contributed by atoms with Crippen LogP contribution in [0.2, 0.25) is 10.0 Å². The number of primary sulfonamides is 1. The molecule has 0 saturated heterocycles. The number of sulfonamides is 2. The van der Waals surface area contributed by atoms with Crippen molar-refractivity contribution in [1.82, 2.24) is 0 Å². The summed E-state index contributed by atoms with van der Waals surface area (Å²) < 4.78 is 55.4. The highest BCUT2D eigenvalue weighted by atomic mass is 35.5. The number of anilines is 1. The average molecular weight is 411 g/mol. The lowest BCUT2D eigenvalue weighted by atomic mass is 10.3. The summed E-state index contributed by atoms with van der Waals surface area (Å²) in [6.07, 6.45) is 0. The molecule has 3 N–H and O–H groups in total. The maximum atomic E-state index is 12.5. The molecular formula is C13H12Cl2N2O5S2. The number of ether oxygens (including phenoxy) is 1. The van der Waals surface area contributed by atoms with Crippen molar-refractivity contribution >= 4 is 48.9 Å². The van der Waals surface area contributed by atoms with Crippen LogP contribution in [0.3, 0.4) is 0 Å². The SMILES string of the molecule is COc1ccc(NS(=O)(=O)c2cccc(Cl)c2Cl)c(S(N)(=O)=O)c1. The molecule has 0 amide bonds. The van der Waals surface area contributed by atoms with Crippen LogP contribution in [-0.2, 0) is 20.0 Å². The Labute approximate surface area is 149 Å². The van der Waals surface area contributed by atoms with E-state index in [0.29, 0.717) is 0 Å². The summed E-state index contributed by atoms with van der Waals surface area (Å²) in [7, 11) is -7.07. The average Bonchev–Trinajstić information content (AvgIpc) is 2.48. The van der Waals surface area contributed by atoms with Gasteiger partial charge in [0.05, 0.1) is 22.8 Å². The van der Waals surface area contributed by atoms with Gasteiger partial charge in [0, 0.05) is 6.07 Å². The van der Waals surface area contributed by atoms with Gasteiger partial charge >= 0.3 is 0 Å². The summed E-state index contributed by atoms with van der Waals surface area (Å²) in [5.41, 5.74) is -0.241. The van der Waals surface area contributed by atoms with Crippen LogP contribution < -0.4 is 14.6 Å². The van der Waals surface area contributed by atoms with E-state index in [9.17, 15) is 16.8 Å². The number of benzene rings is 2. The van der Waals surface area contributed by atoms with Gasteiger partial charge < -0.3 is 4.74 Å². The molecule has 0 spiro atoms. The first-order valence-electron chi connectivity index (χ1n) is 6.24. The third kappa shape index (κ3) is 3.93. The Morgan fingerprint density at radius 2 is 1.71 bits per heavy atom. The van der Waals surface area contributed by atoms with Gasteiger partial charge in [0.1, 0.15) is 15.5 Å². The molecule has 2 rings (SSSR count). The maximum absolute atomic E-state index is 12.5. The monoisotopic (exact) mass is 410 g/mol. The number of methoxy groups -OCH3 is 1. The lowest BCUT2D eigenvalue weighted by Crippen LogP contribution is -2.19. The second-order valence-corrected chi connectivity index (χ2v) is 8.53. The fourth-order valence-electron chi connectivity index (χ4n) is 1.84. The van der Waals surface area contributed by atoms with Gasteiger partial charge in [0.2, 0.25) is 10.0 Å². The zero-order valence-electron chi connectivity index (χ0n) is 12.2. The molecule has 7 nitrogen and oxygen atoms in total. The Kier molecular flexibility index (Phi) is 5.31. The van der Waals surface area contributed by atoms with Crippen molar-refractivity contribution in [2.45, 2.75) is 9.79 Å². The molecule has 2 aromatic rings. The van der Waals surface area contributed by atoms with Crippen molar-refractivity contribution in [3.8, 4) is 5.75 Å². The second-order valence-electron chi connectivity index (χ2n) is 4.56. The fourth-order valence-corrected chi connectivity index (χ4v) is 4.45. The highest BCUT2D eigenvalue weighted by molar-refractivity contribution is 7.93. The van der Waals surface area contributed by atoms with Crippen molar-refractivity contribution in [1.29, 1.82) is 0 Å². The Bertz CT molecular complexity index is 991. The van der Waals surface area contributed by atoms with Gasteiger partial charge in [-0.15, -0.1) is 0 Å². The van der Waals surface area contributed by atoms with Gasteiger partial charge in [-0.25, -0.2) is 22.0 Å². The van der Waals surface area contributed by atoms with Crippen LogP contribution >= 0.6 is 23.2 Å². The lowest BCUT2D eigenvalue weighted by Gasteiger charge is -2.13. The van der Waals surface area contributed by atoms with Gasteiger partial charge in [0.15, 0.2) is 0 Å². The standard InChI is InChI=1S/C13H12Cl2N2O5S2/c1-22-8-5-6-10(12(7-8)23(16,18)19)17-24(20,21)11-4-2-3-9(14)13(11)15/h2-7,17H,1H3,(H2,16,18,19). The van der Waals surface area contributed by atoms with Gasteiger partial charge in [0.25, 0.3) is 10.0 Å². The number of hydrogen-bond acceptors (Lipinski definition) is 5. The first-order chi connectivity index (χ1) is 11.1. The Morgan fingerprint density at radius 3 is 2.29 bits per heavy atom. The molecule has 0 fully saturated rings. The molecule has 0 aromatic heterocycles. The zero-order valence-corrected chi connectivity index (χ0v) is 15.3. The predicted molar refractivity (Wildman–Crippen MR) is 91.6 cm³/mol. The number of rotatable bonds is 5. The Balaban J connectivity index is 2.57. The van der Waals surface area contributed by atoms with Crippen molar-refractivity contribution < 1.29 is 21.6 Å². The molecule has 2 aromatic carbocycles. The molecule has 130 valence electrons. The third-order valence-corrected chi connectivity index (χ3v) is 6.23. The van der Waals surface area contributed by atoms with Crippen LogP contribution in [0.1, 0.15) is 0 Å². The van der Waals surface area contributed by atoms with Crippen molar-refractivity contribution in [2.75, 3.05) is 11.8 Å². The maximum Gasteiger partial charge on any atom is 0.263 e. The number of hydrogen-bond donors (Lipinski definition) is 2. The largest absolute Gasteiger partial charge is 0.497 e. The van der Waals surface area contributed by atoms with Crippen LogP contribution in [0.15, 0.2) is 46.2 Å². The minimum absolute atomic E-state index is 0.0425. The van der Waals surface area contributed by atoms with Crippen LogP contribution in [0, 0.1) is 0 Å². The number of nitrogens with one attached hydrogen (secondary N) is 1. The molecule has 0 atom stereocenters. The highest BCUT2D eigenvalue weighted by Crippen LogP contribution is 2.32. The predicted octanol–water partition coefficient (Wildman–Crippen LogP) is 2.45. The summed E-state index contributed by atoms with van der Waals surface area (Å²) in [5, 5.41) is 4.99. The summed E-state index contributed by atoms with van der Waals surface area (Å²) in [4.78, 5) is -0.739. The molecule has 24 heavy (non-hydrogen) atoms. The molecule has 0 heterocycles. The quantitative estimate of drug-likeness (QED) is 0.784. The molecule has 0 bridgehead atoms. The Morgan fingerprint density at radius 1 is 1.04 bits per heavy atom. The van der Waals surface area contributed by atoms with E-state index < -0.39 is 24.9 Å². The normalized spacial score (nSPS) is 12.0.